The number of aryl methyl sites for hydroxylation is 1. The van der Waals surface area contributed by atoms with Gasteiger partial charge in [0, 0.05) is 27.7 Å². The van der Waals surface area contributed by atoms with E-state index in [9.17, 15) is 4.79 Å². The quantitative estimate of drug-likeness (QED) is 0.574. The Labute approximate surface area is 134 Å². The number of para-hydroxylation sites is 1. The predicted octanol–water partition coefficient (Wildman–Crippen LogP) is 3.25. The fourth-order valence-electron chi connectivity index (χ4n) is 2.43. The molecule has 0 unspecified atom stereocenters. The van der Waals surface area contributed by atoms with Crippen LogP contribution in [0.15, 0.2) is 53.6 Å². The molecule has 116 valence electrons. The van der Waals surface area contributed by atoms with E-state index in [0.717, 1.165) is 22.2 Å². The van der Waals surface area contributed by atoms with Gasteiger partial charge in [0.1, 0.15) is 5.75 Å². The first-order chi connectivity index (χ1) is 11.2. The van der Waals surface area contributed by atoms with E-state index in [2.05, 4.69) is 15.5 Å². The minimum atomic E-state index is -0.263. The average molecular weight is 307 g/mol. The second-order valence-corrected chi connectivity index (χ2v) is 5.14. The summed E-state index contributed by atoms with van der Waals surface area (Å²) in [5.41, 5.74) is 6.09. The Balaban J connectivity index is 1.74. The summed E-state index contributed by atoms with van der Waals surface area (Å²) in [6, 6.07) is 14.8. The van der Waals surface area contributed by atoms with E-state index in [0.29, 0.717) is 11.3 Å². The molecule has 0 bridgehead atoms. The molecule has 0 saturated heterocycles. The van der Waals surface area contributed by atoms with Crippen LogP contribution in [0.1, 0.15) is 21.6 Å². The number of nitrogens with one attached hydrogen (secondary N) is 2. The largest absolute Gasteiger partial charge is 0.497 e. The van der Waals surface area contributed by atoms with Gasteiger partial charge >= 0.3 is 0 Å². The SMILES string of the molecule is COc1ccc(C(=O)NN=Cc2c(C)[nH]c3ccccc23)cc1. The van der Waals surface area contributed by atoms with Crippen LogP contribution in [0, 0.1) is 6.92 Å². The molecule has 0 spiro atoms. The van der Waals surface area contributed by atoms with Crippen LogP contribution in [0.25, 0.3) is 10.9 Å². The first kappa shape index (κ1) is 14.8. The highest BCUT2D eigenvalue weighted by Crippen LogP contribution is 2.19. The molecule has 3 aromatic rings. The lowest BCUT2D eigenvalue weighted by Gasteiger charge is -2.02. The van der Waals surface area contributed by atoms with E-state index >= 15 is 0 Å². The van der Waals surface area contributed by atoms with Gasteiger partial charge in [0.15, 0.2) is 0 Å². The van der Waals surface area contributed by atoms with E-state index in [4.69, 9.17) is 4.74 Å². The Morgan fingerprint density at radius 2 is 1.91 bits per heavy atom. The Morgan fingerprint density at radius 1 is 1.17 bits per heavy atom. The zero-order valence-corrected chi connectivity index (χ0v) is 13.0. The van der Waals surface area contributed by atoms with Crippen molar-refractivity contribution in [2.75, 3.05) is 7.11 Å². The van der Waals surface area contributed by atoms with Gasteiger partial charge in [-0.25, -0.2) is 5.43 Å². The van der Waals surface area contributed by atoms with Crippen LogP contribution in [0.2, 0.25) is 0 Å². The normalized spacial score (nSPS) is 11.0. The number of aromatic nitrogens is 1. The monoisotopic (exact) mass is 307 g/mol. The summed E-state index contributed by atoms with van der Waals surface area (Å²) in [5, 5.41) is 5.14. The molecule has 1 heterocycles. The highest BCUT2D eigenvalue weighted by atomic mass is 16.5. The lowest BCUT2D eigenvalue weighted by Crippen LogP contribution is -2.17. The molecule has 5 nitrogen and oxygen atoms in total. The third-order valence-electron chi connectivity index (χ3n) is 3.66. The topological polar surface area (TPSA) is 66.5 Å². The molecule has 1 aromatic heterocycles. The summed E-state index contributed by atoms with van der Waals surface area (Å²) in [6.07, 6.45) is 1.66. The number of rotatable bonds is 4. The van der Waals surface area contributed by atoms with E-state index in [1.54, 1.807) is 37.6 Å². The molecule has 1 amide bonds. The van der Waals surface area contributed by atoms with Gasteiger partial charge in [0.25, 0.3) is 5.91 Å². The summed E-state index contributed by atoms with van der Waals surface area (Å²) in [7, 11) is 1.59. The molecule has 0 aliphatic rings. The maximum Gasteiger partial charge on any atom is 0.271 e. The number of H-pyrrole nitrogens is 1. The first-order valence-electron chi connectivity index (χ1n) is 7.24. The number of hydrazone groups is 1. The van der Waals surface area contributed by atoms with E-state index in [1.807, 2.05) is 31.2 Å². The lowest BCUT2D eigenvalue weighted by atomic mass is 10.1. The fourth-order valence-corrected chi connectivity index (χ4v) is 2.43. The Hall–Kier alpha value is -3.08. The number of carbonyl (C=O) groups excluding carboxylic acids is 1. The van der Waals surface area contributed by atoms with Gasteiger partial charge in [-0.05, 0) is 37.3 Å². The highest BCUT2D eigenvalue weighted by molar-refractivity contribution is 6.01. The Kier molecular flexibility index (Phi) is 4.10. The number of hydrogen-bond acceptors (Lipinski definition) is 3. The molecule has 0 radical (unpaired) electrons. The molecule has 0 fully saturated rings. The van der Waals surface area contributed by atoms with Gasteiger partial charge in [-0.1, -0.05) is 18.2 Å². The minimum Gasteiger partial charge on any atom is -0.497 e. The number of hydrogen-bond donors (Lipinski definition) is 2. The molecular formula is C18H17N3O2. The average Bonchev–Trinajstić information content (AvgIpc) is 2.90. The zero-order chi connectivity index (χ0) is 16.2. The number of aromatic amines is 1. The second-order valence-electron chi connectivity index (χ2n) is 5.14. The summed E-state index contributed by atoms with van der Waals surface area (Å²) >= 11 is 0. The molecule has 2 N–H and O–H groups in total. The van der Waals surface area contributed by atoms with Gasteiger partial charge in [-0.2, -0.15) is 5.10 Å². The number of benzene rings is 2. The van der Waals surface area contributed by atoms with Gasteiger partial charge in [-0.3, -0.25) is 4.79 Å². The standard InChI is InChI=1S/C18H17N3O2/c1-12-16(15-5-3-4-6-17(15)20-12)11-19-21-18(22)13-7-9-14(23-2)10-8-13/h3-11,20H,1-2H3,(H,21,22). The van der Waals surface area contributed by atoms with Crippen molar-refractivity contribution >= 4 is 23.0 Å². The summed E-state index contributed by atoms with van der Waals surface area (Å²) in [5.74, 6) is 0.445. The van der Waals surface area contributed by atoms with Crippen LogP contribution >= 0.6 is 0 Å². The maximum atomic E-state index is 12.0. The molecule has 0 aliphatic heterocycles. The van der Waals surface area contributed by atoms with E-state index in [-0.39, 0.29) is 5.91 Å². The van der Waals surface area contributed by atoms with Crippen LogP contribution in [0.4, 0.5) is 0 Å². The van der Waals surface area contributed by atoms with Crippen molar-refractivity contribution in [1.29, 1.82) is 0 Å². The van der Waals surface area contributed by atoms with Crippen molar-refractivity contribution in [1.82, 2.24) is 10.4 Å². The van der Waals surface area contributed by atoms with Crippen molar-refractivity contribution in [3.63, 3.8) is 0 Å². The predicted molar refractivity (Wildman–Crippen MR) is 91.1 cm³/mol. The molecule has 5 heteroatoms. The number of ether oxygens (including phenoxy) is 1. The van der Waals surface area contributed by atoms with Crippen molar-refractivity contribution < 1.29 is 9.53 Å². The van der Waals surface area contributed by atoms with Crippen LogP contribution in [-0.4, -0.2) is 24.2 Å². The van der Waals surface area contributed by atoms with E-state index in [1.165, 1.54) is 0 Å². The zero-order valence-electron chi connectivity index (χ0n) is 13.0. The summed E-state index contributed by atoms with van der Waals surface area (Å²) < 4.78 is 5.07. The third-order valence-corrected chi connectivity index (χ3v) is 3.66. The van der Waals surface area contributed by atoms with Crippen LogP contribution in [0.3, 0.4) is 0 Å². The van der Waals surface area contributed by atoms with Gasteiger partial charge in [-0.15, -0.1) is 0 Å². The van der Waals surface area contributed by atoms with Crippen molar-refractivity contribution in [3.05, 3.63) is 65.4 Å². The first-order valence-corrected chi connectivity index (χ1v) is 7.24. The number of methoxy groups -OCH3 is 1. The van der Waals surface area contributed by atoms with Crippen molar-refractivity contribution in [2.24, 2.45) is 5.10 Å². The smallest absolute Gasteiger partial charge is 0.271 e. The summed E-state index contributed by atoms with van der Waals surface area (Å²) in [6.45, 7) is 1.98. The molecule has 0 aliphatic carbocycles. The minimum absolute atomic E-state index is 0.263. The Morgan fingerprint density at radius 3 is 2.65 bits per heavy atom. The third kappa shape index (κ3) is 3.08. The Bertz CT molecular complexity index is 864. The van der Waals surface area contributed by atoms with Gasteiger partial charge in [0.2, 0.25) is 0 Å². The van der Waals surface area contributed by atoms with Gasteiger partial charge < -0.3 is 9.72 Å². The molecule has 23 heavy (non-hydrogen) atoms. The summed E-state index contributed by atoms with van der Waals surface area (Å²) in [4.78, 5) is 15.3. The maximum absolute atomic E-state index is 12.0. The van der Waals surface area contributed by atoms with Crippen LogP contribution < -0.4 is 10.2 Å². The molecule has 3 rings (SSSR count). The fraction of sp³-hybridized carbons (Fsp3) is 0.111. The second kappa shape index (κ2) is 6.36. The molecule has 0 saturated carbocycles. The lowest BCUT2D eigenvalue weighted by molar-refractivity contribution is 0.0955. The van der Waals surface area contributed by atoms with Crippen molar-refractivity contribution in [3.8, 4) is 5.75 Å². The number of carbonyl (C=O) groups is 1. The number of fused-ring (bicyclic) bond motifs is 1. The molecule has 2 aromatic carbocycles. The van der Waals surface area contributed by atoms with Crippen LogP contribution in [0.5, 0.6) is 5.75 Å². The van der Waals surface area contributed by atoms with Crippen molar-refractivity contribution in [2.45, 2.75) is 6.92 Å². The number of nitrogens with zero attached hydrogens (tertiary/aromatic N) is 1. The van der Waals surface area contributed by atoms with E-state index < -0.39 is 0 Å². The van der Waals surface area contributed by atoms with Gasteiger partial charge in [0.05, 0.1) is 13.3 Å². The van der Waals surface area contributed by atoms with Crippen LogP contribution in [-0.2, 0) is 0 Å². The highest BCUT2D eigenvalue weighted by Gasteiger charge is 2.06. The molecular weight excluding hydrogens is 290 g/mol. The molecule has 0 atom stereocenters. The number of amides is 1.